The monoisotopic (exact) mass is 553 g/mol. The molecule has 1 aromatic carbocycles. The first-order valence-corrected chi connectivity index (χ1v) is 10.8. The molecule has 3 heterocycles. The van der Waals surface area contributed by atoms with Crippen LogP contribution in [0.2, 0.25) is 5.02 Å². The number of hydrogen-bond donors (Lipinski definition) is 1. The van der Waals surface area contributed by atoms with Crippen LogP contribution in [0.5, 0.6) is 0 Å². The fourth-order valence-electron chi connectivity index (χ4n) is 3.87. The van der Waals surface area contributed by atoms with Gasteiger partial charge < -0.3 is 10.2 Å². The Balaban J connectivity index is 0.00000272. The molecule has 1 N–H and O–H groups in total. The van der Waals surface area contributed by atoms with Crippen LogP contribution in [-0.2, 0) is 20.0 Å². The number of guanidine groups is 1. The van der Waals surface area contributed by atoms with Gasteiger partial charge in [0.15, 0.2) is 5.96 Å². The van der Waals surface area contributed by atoms with Crippen LogP contribution >= 0.6 is 35.6 Å². The molecule has 1 fully saturated rings. The van der Waals surface area contributed by atoms with Gasteiger partial charge in [0.05, 0.1) is 24.6 Å². The van der Waals surface area contributed by atoms with Gasteiger partial charge in [0.1, 0.15) is 0 Å². The number of aromatic nitrogens is 4. The van der Waals surface area contributed by atoms with Crippen LogP contribution in [0.3, 0.4) is 0 Å². The Hall–Kier alpha value is -2.07. The Bertz CT molecular complexity index is 995. The molecule has 1 aliphatic rings. The topological polar surface area (TPSA) is 63.3 Å². The molecule has 0 radical (unpaired) electrons. The highest BCUT2D eigenvalue weighted by molar-refractivity contribution is 14.0. The smallest absolute Gasteiger partial charge is 0.194 e. The summed E-state index contributed by atoms with van der Waals surface area (Å²) in [5, 5.41) is 12.9. The second-order valence-corrected chi connectivity index (χ2v) is 8.20. The molecule has 166 valence electrons. The molecule has 7 nitrogen and oxygen atoms in total. The van der Waals surface area contributed by atoms with Crippen molar-refractivity contribution < 1.29 is 0 Å². The van der Waals surface area contributed by atoms with Gasteiger partial charge >= 0.3 is 0 Å². The van der Waals surface area contributed by atoms with Crippen molar-refractivity contribution in [1.82, 2.24) is 29.8 Å². The third-order valence-electron chi connectivity index (χ3n) is 5.34. The number of likely N-dealkylation sites (tertiary alicyclic amines) is 1. The lowest BCUT2D eigenvalue weighted by Gasteiger charge is -2.21. The highest BCUT2D eigenvalue weighted by Gasteiger charge is 2.25. The van der Waals surface area contributed by atoms with E-state index >= 15 is 0 Å². The van der Waals surface area contributed by atoms with E-state index < -0.39 is 0 Å². The first-order valence-electron chi connectivity index (χ1n) is 10.4. The number of hydrogen-bond acceptors (Lipinski definition) is 3. The fraction of sp³-hybridized carbons (Fsp3) is 0.409. The van der Waals surface area contributed by atoms with Gasteiger partial charge in [-0.15, -0.1) is 24.0 Å². The summed E-state index contributed by atoms with van der Waals surface area (Å²) < 4.78 is 3.73. The molecule has 0 aliphatic carbocycles. The van der Waals surface area contributed by atoms with Crippen LogP contribution in [-0.4, -0.2) is 50.1 Å². The van der Waals surface area contributed by atoms with E-state index in [1.165, 1.54) is 12.0 Å². The van der Waals surface area contributed by atoms with Gasteiger partial charge in [0.2, 0.25) is 0 Å². The fourth-order valence-corrected chi connectivity index (χ4v) is 4.00. The Kier molecular flexibility index (Phi) is 8.36. The Labute approximate surface area is 205 Å². The Morgan fingerprint density at radius 2 is 1.94 bits per heavy atom. The predicted molar refractivity (Wildman–Crippen MR) is 135 cm³/mol. The lowest BCUT2D eigenvalue weighted by Crippen LogP contribution is -2.40. The largest absolute Gasteiger partial charge is 0.357 e. The summed E-state index contributed by atoms with van der Waals surface area (Å²) in [6, 6.07) is 7.65. The number of nitrogens with one attached hydrogen (secondary N) is 1. The minimum Gasteiger partial charge on any atom is -0.357 e. The van der Waals surface area contributed by atoms with E-state index in [2.05, 4.69) is 33.5 Å². The van der Waals surface area contributed by atoms with Gasteiger partial charge in [-0.3, -0.25) is 4.68 Å². The van der Waals surface area contributed by atoms with Crippen LogP contribution in [0.1, 0.15) is 24.5 Å². The number of aryl methyl sites for hydroxylation is 1. The second-order valence-electron chi connectivity index (χ2n) is 7.77. The van der Waals surface area contributed by atoms with Crippen LogP contribution in [0.25, 0.3) is 5.69 Å². The first-order chi connectivity index (χ1) is 14.6. The van der Waals surface area contributed by atoms with E-state index in [1.807, 2.05) is 59.3 Å². The molecule has 0 amide bonds. The minimum absolute atomic E-state index is 0. The minimum atomic E-state index is 0. The third-order valence-corrected chi connectivity index (χ3v) is 5.59. The van der Waals surface area contributed by atoms with Gasteiger partial charge in [-0.05, 0) is 55.5 Å². The summed E-state index contributed by atoms with van der Waals surface area (Å²) in [6.07, 6.45) is 10.2. The van der Waals surface area contributed by atoms with E-state index in [9.17, 15) is 0 Å². The van der Waals surface area contributed by atoms with Gasteiger partial charge in [-0.1, -0.05) is 11.6 Å². The summed E-state index contributed by atoms with van der Waals surface area (Å²) in [5.41, 5.74) is 3.37. The van der Waals surface area contributed by atoms with Gasteiger partial charge in [-0.2, -0.15) is 10.2 Å². The van der Waals surface area contributed by atoms with Crippen molar-refractivity contribution in [2.45, 2.75) is 26.3 Å². The molecular weight excluding hydrogens is 525 g/mol. The molecule has 9 heteroatoms. The number of rotatable bonds is 6. The lowest BCUT2D eigenvalue weighted by molar-refractivity contribution is 0.460. The summed E-state index contributed by atoms with van der Waals surface area (Å²) in [5.74, 6) is 1.61. The number of halogens is 2. The molecule has 31 heavy (non-hydrogen) atoms. The molecule has 0 saturated carbocycles. The highest BCUT2D eigenvalue weighted by atomic mass is 127. The van der Waals surface area contributed by atoms with Crippen LogP contribution in [0.15, 0.2) is 54.0 Å². The van der Waals surface area contributed by atoms with E-state index in [1.54, 1.807) is 0 Å². The maximum Gasteiger partial charge on any atom is 0.194 e. The Morgan fingerprint density at radius 3 is 2.65 bits per heavy atom. The molecular formula is C22H29ClIN7. The quantitative estimate of drug-likeness (QED) is 0.286. The van der Waals surface area contributed by atoms with Crippen LogP contribution < -0.4 is 5.32 Å². The molecule has 4 rings (SSSR count). The normalized spacial score (nSPS) is 16.4. The Morgan fingerprint density at radius 1 is 1.16 bits per heavy atom. The van der Waals surface area contributed by atoms with E-state index in [0.717, 1.165) is 48.3 Å². The summed E-state index contributed by atoms with van der Waals surface area (Å²) >= 11 is 5.97. The van der Waals surface area contributed by atoms with Crippen molar-refractivity contribution >= 4 is 41.5 Å². The lowest BCUT2D eigenvalue weighted by atomic mass is 10.0. The molecule has 1 saturated heterocycles. The van der Waals surface area contributed by atoms with E-state index in [4.69, 9.17) is 16.6 Å². The molecule has 1 unspecified atom stereocenters. The predicted octanol–water partition coefficient (Wildman–Crippen LogP) is 3.91. The zero-order valence-corrected chi connectivity index (χ0v) is 21.0. The number of benzene rings is 1. The molecule has 3 aromatic rings. The van der Waals surface area contributed by atoms with Crippen molar-refractivity contribution in [1.29, 1.82) is 0 Å². The van der Waals surface area contributed by atoms with Crippen molar-refractivity contribution in [3.8, 4) is 5.69 Å². The van der Waals surface area contributed by atoms with Gasteiger partial charge in [-0.25, -0.2) is 9.67 Å². The standard InChI is InChI=1S/C22H28ClN7.HI/c1-3-24-22(29-9-8-17(15-29)10-18-12-26-28(2)14-18)25-11-19-13-27-30(16-19)21-6-4-20(23)5-7-21;/h4-7,12-14,16-17H,3,8-11,15H2,1-2H3,(H,24,25);1H. The first kappa shape index (κ1) is 23.6. The summed E-state index contributed by atoms with van der Waals surface area (Å²) in [4.78, 5) is 7.24. The molecule has 0 spiro atoms. The summed E-state index contributed by atoms with van der Waals surface area (Å²) in [7, 11) is 1.97. The van der Waals surface area contributed by atoms with E-state index in [0.29, 0.717) is 12.5 Å². The van der Waals surface area contributed by atoms with Crippen molar-refractivity contribution in [2.75, 3.05) is 19.6 Å². The van der Waals surface area contributed by atoms with Crippen molar-refractivity contribution in [3.05, 3.63) is 65.2 Å². The number of aliphatic imine (C=N–C) groups is 1. The molecule has 1 aliphatic heterocycles. The van der Waals surface area contributed by atoms with Crippen molar-refractivity contribution in [2.24, 2.45) is 18.0 Å². The van der Waals surface area contributed by atoms with Gasteiger partial charge in [0.25, 0.3) is 0 Å². The average molecular weight is 554 g/mol. The second kappa shape index (κ2) is 11.0. The van der Waals surface area contributed by atoms with Crippen LogP contribution in [0.4, 0.5) is 0 Å². The molecule has 1 atom stereocenters. The molecule has 0 bridgehead atoms. The highest BCUT2D eigenvalue weighted by Crippen LogP contribution is 2.21. The van der Waals surface area contributed by atoms with E-state index in [-0.39, 0.29) is 24.0 Å². The van der Waals surface area contributed by atoms with Crippen LogP contribution in [0, 0.1) is 5.92 Å². The average Bonchev–Trinajstić information content (AvgIpc) is 3.48. The third kappa shape index (κ3) is 6.22. The summed E-state index contributed by atoms with van der Waals surface area (Å²) in [6.45, 7) is 5.61. The maximum atomic E-state index is 5.97. The SMILES string of the molecule is CCNC(=NCc1cnn(-c2ccc(Cl)cc2)c1)N1CCC(Cc2cnn(C)c2)C1.I. The number of nitrogens with zero attached hydrogens (tertiary/aromatic N) is 6. The van der Waals surface area contributed by atoms with Gasteiger partial charge in [0, 0.05) is 49.7 Å². The van der Waals surface area contributed by atoms with Crippen molar-refractivity contribution in [3.63, 3.8) is 0 Å². The zero-order valence-electron chi connectivity index (χ0n) is 17.9. The zero-order chi connectivity index (χ0) is 20.9. The maximum absolute atomic E-state index is 5.97. The molecule has 2 aromatic heterocycles.